The second kappa shape index (κ2) is 7.92. The quantitative estimate of drug-likeness (QED) is 0.309. The zero-order chi connectivity index (χ0) is 23.2. The van der Waals surface area contributed by atoms with Crippen LogP contribution < -0.4 is 19.6 Å². The van der Waals surface area contributed by atoms with Gasteiger partial charge in [0.25, 0.3) is 0 Å². The zero-order valence-electron chi connectivity index (χ0n) is 18.4. The van der Waals surface area contributed by atoms with E-state index in [9.17, 15) is 9.59 Å². The molecule has 34 heavy (non-hydrogen) atoms. The van der Waals surface area contributed by atoms with Gasteiger partial charge in [-0.2, -0.15) is 0 Å². The van der Waals surface area contributed by atoms with Gasteiger partial charge in [-0.3, -0.25) is 9.59 Å². The van der Waals surface area contributed by atoms with E-state index in [2.05, 4.69) is 0 Å². The van der Waals surface area contributed by atoms with E-state index in [-0.39, 0.29) is 23.7 Å². The average molecular weight is 452 g/mol. The highest BCUT2D eigenvalue weighted by atomic mass is 16.5. The van der Waals surface area contributed by atoms with E-state index in [1.54, 1.807) is 6.07 Å². The molecule has 6 heteroatoms. The molecule has 2 aliphatic heterocycles. The van der Waals surface area contributed by atoms with Crippen LogP contribution in [0.5, 0.6) is 17.2 Å². The summed E-state index contributed by atoms with van der Waals surface area (Å²) in [4.78, 5) is 25.9. The molecule has 6 nitrogen and oxygen atoms in total. The van der Waals surface area contributed by atoms with Crippen LogP contribution in [0.4, 0.5) is 0 Å². The van der Waals surface area contributed by atoms with Crippen molar-refractivity contribution in [3.63, 3.8) is 0 Å². The van der Waals surface area contributed by atoms with E-state index < -0.39 is 0 Å². The Morgan fingerprint density at radius 1 is 0.941 bits per heavy atom. The van der Waals surface area contributed by atoms with Gasteiger partial charge in [0.1, 0.15) is 40.6 Å². The van der Waals surface area contributed by atoms with Crippen LogP contribution in [0.15, 0.2) is 81.5 Å². The highest BCUT2D eigenvalue weighted by Gasteiger charge is 2.36. The number of carbonyl (C=O) groups is 1. The Morgan fingerprint density at radius 3 is 2.56 bits per heavy atom. The molecule has 3 aromatic carbocycles. The van der Waals surface area contributed by atoms with Crippen LogP contribution in [0.2, 0.25) is 0 Å². The van der Waals surface area contributed by atoms with Crippen molar-refractivity contribution in [3.8, 4) is 28.6 Å². The van der Waals surface area contributed by atoms with Crippen molar-refractivity contribution in [2.75, 3.05) is 13.7 Å². The molecule has 0 amide bonds. The molecule has 0 fully saturated rings. The van der Waals surface area contributed by atoms with E-state index >= 15 is 0 Å². The molecule has 1 unspecified atom stereocenters. The smallest absolute Gasteiger partial charge is 0.312 e. The van der Waals surface area contributed by atoms with Crippen LogP contribution in [0.3, 0.4) is 0 Å². The zero-order valence-corrected chi connectivity index (χ0v) is 18.4. The van der Waals surface area contributed by atoms with Crippen molar-refractivity contribution >= 4 is 23.0 Å². The fourth-order valence-corrected chi connectivity index (χ4v) is 4.70. The van der Waals surface area contributed by atoms with Gasteiger partial charge in [0, 0.05) is 34.7 Å². The van der Waals surface area contributed by atoms with E-state index in [0.29, 0.717) is 40.4 Å². The molecule has 0 bridgehead atoms. The van der Waals surface area contributed by atoms with Crippen LogP contribution >= 0.6 is 0 Å². The molecule has 0 N–H and O–H groups in total. The number of rotatable bonds is 3. The van der Waals surface area contributed by atoms with Gasteiger partial charge < -0.3 is 18.6 Å². The van der Waals surface area contributed by atoms with Gasteiger partial charge in [-0.1, -0.05) is 48.5 Å². The minimum atomic E-state index is -0.368. The Hall–Kier alpha value is -4.32. The number of esters is 1. The van der Waals surface area contributed by atoms with Gasteiger partial charge in [-0.15, -0.1) is 0 Å². The maximum Gasteiger partial charge on any atom is 0.312 e. The summed E-state index contributed by atoms with van der Waals surface area (Å²) in [5, 5.41) is 0.321. The SMILES string of the molecule is COc1cc2c(c3oc(-c4ccccc4)cc(=O)c13)C(C1=Cc3ccccc3OC1)CC(=O)O2. The molecular weight excluding hydrogens is 432 g/mol. The Morgan fingerprint density at radius 2 is 1.74 bits per heavy atom. The van der Waals surface area contributed by atoms with Crippen molar-refractivity contribution in [1.82, 2.24) is 0 Å². The molecule has 3 heterocycles. The minimum absolute atomic E-state index is 0.116. The molecule has 1 atom stereocenters. The summed E-state index contributed by atoms with van der Waals surface area (Å²) in [5.74, 6) is 1.13. The van der Waals surface area contributed by atoms with E-state index in [4.69, 9.17) is 18.6 Å². The van der Waals surface area contributed by atoms with Crippen LogP contribution in [0, 0.1) is 0 Å². The lowest BCUT2D eigenvalue weighted by molar-refractivity contribution is -0.135. The van der Waals surface area contributed by atoms with Crippen molar-refractivity contribution in [1.29, 1.82) is 0 Å². The summed E-state index contributed by atoms with van der Waals surface area (Å²) in [6, 6.07) is 20.2. The number of benzene rings is 3. The van der Waals surface area contributed by atoms with Crippen LogP contribution in [0.25, 0.3) is 28.4 Å². The second-order valence-electron chi connectivity index (χ2n) is 8.31. The lowest BCUT2D eigenvalue weighted by atomic mass is 9.83. The molecule has 0 radical (unpaired) electrons. The topological polar surface area (TPSA) is 75.0 Å². The number of hydrogen-bond donors (Lipinski definition) is 0. The predicted octanol–water partition coefficient (Wildman–Crippen LogP) is 5.34. The summed E-state index contributed by atoms with van der Waals surface area (Å²) >= 11 is 0. The standard InChI is InChI=1S/C28H20O6/c1-31-23-14-24-26(28-27(23)20(29)13-22(34-28)16-7-3-2-4-8-16)19(12-25(30)33-24)18-11-17-9-5-6-10-21(17)32-15-18/h2-11,13-14,19H,12,15H2,1H3. The summed E-state index contributed by atoms with van der Waals surface area (Å²) in [6.07, 6.45) is 2.16. The molecule has 0 spiro atoms. The number of fused-ring (bicyclic) bond motifs is 4. The van der Waals surface area contributed by atoms with Crippen molar-refractivity contribution in [2.24, 2.45) is 0 Å². The lowest BCUT2D eigenvalue weighted by Crippen LogP contribution is -2.25. The third kappa shape index (κ3) is 3.27. The number of carbonyl (C=O) groups excluding carboxylic acids is 1. The first-order valence-electron chi connectivity index (χ1n) is 11.0. The monoisotopic (exact) mass is 452 g/mol. The lowest BCUT2D eigenvalue weighted by Gasteiger charge is -2.29. The first kappa shape index (κ1) is 20.3. The van der Waals surface area contributed by atoms with E-state index in [0.717, 1.165) is 22.4 Å². The summed E-state index contributed by atoms with van der Waals surface area (Å²) in [6.45, 7) is 0.324. The van der Waals surface area contributed by atoms with Gasteiger partial charge in [0.05, 0.1) is 13.5 Å². The third-order valence-electron chi connectivity index (χ3n) is 6.29. The van der Waals surface area contributed by atoms with E-state index in [1.807, 2.05) is 60.7 Å². The minimum Gasteiger partial charge on any atom is -0.496 e. The van der Waals surface area contributed by atoms with Crippen molar-refractivity contribution in [2.45, 2.75) is 12.3 Å². The Labute approximate surface area is 195 Å². The Bertz CT molecular complexity index is 1530. The Kier molecular flexibility index (Phi) is 4.73. The molecule has 0 aliphatic carbocycles. The highest BCUT2D eigenvalue weighted by molar-refractivity contribution is 5.93. The van der Waals surface area contributed by atoms with Gasteiger partial charge >= 0.3 is 5.97 Å². The van der Waals surface area contributed by atoms with Crippen LogP contribution in [0.1, 0.15) is 23.5 Å². The maximum absolute atomic E-state index is 13.3. The molecule has 0 saturated heterocycles. The van der Waals surface area contributed by atoms with Gasteiger partial charge in [-0.25, -0.2) is 0 Å². The number of ether oxygens (including phenoxy) is 3. The molecule has 2 aliphatic rings. The number of methoxy groups -OCH3 is 1. The van der Waals surface area contributed by atoms with Crippen LogP contribution in [-0.2, 0) is 4.79 Å². The first-order valence-corrected chi connectivity index (χ1v) is 11.0. The molecule has 0 saturated carbocycles. The molecular formula is C28H20O6. The normalized spacial score (nSPS) is 16.7. The highest BCUT2D eigenvalue weighted by Crippen LogP contribution is 2.47. The van der Waals surface area contributed by atoms with E-state index in [1.165, 1.54) is 13.2 Å². The predicted molar refractivity (Wildman–Crippen MR) is 127 cm³/mol. The van der Waals surface area contributed by atoms with Crippen molar-refractivity contribution < 1.29 is 23.4 Å². The summed E-state index contributed by atoms with van der Waals surface area (Å²) < 4.78 is 23.4. The van der Waals surface area contributed by atoms with Gasteiger partial charge in [-0.05, 0) is 17.7 Å². The van der Waals surface area contributed by atoms with Crippen LogP contribution in [-0.4, -0.2) is 19.7 Å². The number of hydrogen-bond acceptors (Lipinski definition) is 6. The maximum atomic E-state index is 13.3. The third-order valence-corrected chi connectivity index (χ3v) is 6.29. The largest absolute Gasteiger partial charge is 0.496 e. The number of para-hydroxylation sites is 1. The van der Waals surface area contributed by atoms with Crippen molar-refractivity contribution in [3.05, 3.63) is 93.7 Å². The Balaban J connectivity index is 1.62. The fourth-order valence-electron chi connectivity index (χ4n) is 4.70. The summed E-state index contributed by atoms with van der Waals surface area (Å²) in [7, 11) is 1.47. The second-order valence-corrected chi connectivity index (χ2v) is 8.31. The van der Waals surface area contributed by atoms with Gasteiger partial charge in [0.2, 0.25) is 0 Å². The molecule has 6 rings (SSSR count). The average Bonchev–Trinajstić information content (AvgIpc) is 2.87. The first-order chi connectivity index (χ1) is 16.6. The fraction of sp³-hybridized carbons (Fsp3) is 0.143. The van der Waals surface area contributed by atoms with Gasteiger partial charge in [0.15, 0.2) is 5.43 Å². The molecule has 168 valence electrons. The molecule has 4 aromatic rings. The molecule has 1 aromatic heterocycles. The summed E-state index contributed by atoms with van der Waals surface area (Å²) in [5.41, 5.74) is 3.41.